The van der Waals surface area contributed by atoms with Gasteiger partial charge >= 0.3 is 5.97 Å². The summed E-state index contributed by atoms with van der Waals surface area (Å²) in [6.07, 6.45) is 5.17. The van der Waals surface area contributed by atoms with Gasteiger partial charge in [-0.15, -0.1) is 0 Å². The lowest BCUT2D eigenvalue weighted by Crippen LogP contribution is -2.50. The van der Waals surface area contributed by atoms with Crippen molar-refractivity contribution in [3.63, 3.8) is 0 Å². The summed E-state index contributed by atoms with van der Waals surface area (Å²) in [7, 11) is 1.38. The first-order valence-corrected chi connectivity index (χ1v) is 13.4. The van der Waals surface area contributed by atoms with Crippen LogP contribution in [0.1, 0.15) is 60.6 Å². The third-order valence-corrected chi connectivity index (χ3v) is 7.34. The number of ether oxygens (including phenoxy) is 1. The van der Waals surface area contributed by atoms with Crippen LogP contribution in [0.5, 0.6) is 0 Å². The van der Waals surface area contributed by atoms with E-state index in [4.69, 9.17) is 4.74 Å². The van der Waals surface area contributed by atoms with E-state index in [9.17, 15) is 9.59 Å². The number of carbonyl (C=O) groups excluding carboxylic acids is 2. The van der Waals surface area contributed by atoms with Crippen LogP contribution in [-0.2, 0) is 14.3 Å². The lowest BCUT2D eigenvalue weighted by atomic mass is 9.88. The van der Waals surface area contributed by atoms with Gasteiger partial charge in [0.15, 0.2) is 0 Å². The fourth-order valence-electron chi connectivity index (χ4n) is 5.37. The van der Waals surface area contributed by atoms with Crippen molar-refractivity contribution in [3.8, 4) is 0 Å². The van der Waals surface area contributed by atoms with Crippen LogP contribution in [-0.4, -0.2) is 49.6 Å². The van der Waals surface area contributed by atoms with E-state index in [0.29, 0.717) is 13.0 Å². The van der Waals surface area contributed by atoms with Gasteiger partial charge in [-0.2, -0.15) is 0 Å². The number of methoxy groups -OCH3 is 1. The maximum absolute atomic E-state index is 13.4. The number of carbonyl (C=O) groups is 2. The molecule has 2 unspecified atom stereocenters. The van der Waals surface area contributed by atoms with Crippen LogP contribution in [0.4, 0.5) is 0 Å². The molecule has 5 rings (SSSR count). The zero-order valence-electron chi connectivity index (χ0n) is 21.7. The summed E-state index contributed by atoms with van der Waals surface area (Å²) in [6.45, 7) is 2.95. The van der Waals surface area contributed by atoms with Crippen molar-refractivity contribution in [1.29, 1.82) is 0 Å². The summed E-state index contributed by atoms with van der Waals surface area (Å²) in [5.41, 5.74) is 3.37. The normalized spacial score (nSPS) is 19.5. The standard InChI is InChI=1S/C21H23NO3.C11H15N/c1-25-21(24)18-14-8-9-15-22(18)20(23)19(16-10-4-2-5-11-16)17-12-6-3-7-13-17;1-2-5-10(6-3-1)11-7-4-8-12-9-11/h2-7,10-13,18-19H,8-9,14-15H2,1H3;1-3,5-6,11-12H,4,7-9H2. The Morgan fingerprint density at radius 3 is 1.95 bits per heavy atom. The molecule has 2 atom stereocenters. The Balaban J connectivity index is 0.000000222. The molecule has 2 fully saturated rings. The number of benzene rings is 3. The molecule has 2 aliphatic heterocycles. The Morgan fingerprint density at radius 2 is 1.41 bits per heavy atom. The van der Waals surface area contributed by atoms with Crippen molar-refractivity contribution in [3.05, 3.63) is 108 Å². The van der Waals surface area contributed by atoms with Gasteiger partial charge in [0.05, 0.1) is 13.0 Å². The van der Waals surface area contributed by atoms with Crippen molar-refractivity contribution in [1.82, 2.24) is 10.2 Å². The van der Waals surface area contributed by atoms with E-state index in [-0.39, 0.29) is 11.9 Å². The minimum absolute atomic E-state index is 0.0347. The Bertz CT molecular complexity index is 1060. The molecule has 3 aromatic carbocycles. The number of piperidine rings is 2. The molecular weight excluding hydrogens is 460 g/mol. The van der Waals surface area contributed by atoms with E-state index >= 15 is 0 Å². The highest BCUT2D eigenvalue weighted by atomic mass is 16.5. The summed E-state index contributed by atoms with van der Waals surface area (Å²) in [6, 6.07) is 29.8. The summed E-state index contributed by atoms with van der Waals surface area (Å²) in [5, 5.41) is 3.43. The predicted octanol–water partition coefficient (Wildman–Crippen LogP) is 5.53. The molecule has 0 bridgehead atoms. The lowest BCUT2D eigenvalue weighted by Gasteiger charge is -2.36. The Morgan fingerprint density at radius 1 is 0.811 bits per heavy atom. The van der Waals surface area contributed by atoms with Gasteiger partial charge < -0.3 is 15.0 Å². The fraction of sp³-hybridized carbons (Fsp3) is 0.375. The van der Waals surface area contributed by atoms with Crippen LogP contribution in [0.15, 0.2) is 91.0 Å². The highest BCUT2D eigenvalue weighted by Gasteiger charge is 2.37. The fourth-order valence-corrected chi connectivity index (χ4v) is 5.37. The number of amides is 1. The highest BCUT2D eigenvalue weighted by Crippen LogP contribution is 2.30. The largest absolute Gasteiger partial charge is 0.467 e. The molecule has 1 N–H and O–H groups in total. The van der Waals surface area contributed by atoms with Crippen molar-refractivity contribution in [2.45, 2.75) is 50.0 Å². The summed E-state index contributed by atoms with van der Waals surface area (Å²) in [5.74, 6) is -0.0203. The van der Waals surface area contributed by atoms with Crippen LogP contribution in [0.3, 0.4) is 0 Å². The van der Waals surface area contributed by atoms with Crippen LogP contribution in [0, 0.1) is 0 Å². The molecule has 0 saturated carbocycles. The van der Waals surface area contributed by atoms with Crippen molar-refractivity contribution in [2.75, 3.05) is 26.7 Å². The Labute approximate surface area is 220 Å². The topological polar surface area (TPSA) is 58.6 Å². The maximum Gasteiger partial charge on any atom is 0.328 e. The molecule has 0 aliphatic carbocycles. The molecule has 5 nitrogen and oxygen atoms in total. The number of hydrogen-bond acceptors (Lipinski definition) is 4. The minimum Gasteiger partial charge on any atom is -0.467 e. The first-order chi connectivity index (χ1) is 18.2. The summed E-state index contributed by atoms with van der Waals surface area (Å²) in [4.78, 5) is 27.3. The average Bonchev–Trinajstić information content (AvgIpc) is 2.99. The van der Waals surface area contributed by atoms with Crippen LogP contribution >= 0.6 is 0 Å². The Hall–Kier alpha value is -3.44. The molecule has 0 radical (unpaired) electrons. The van der Waals surface area contributed by atoms with Crippen molar-refractivity contribution in [2.24, 2.45) is 0 Å². The molecular formula is C32H38N2O3. The van der Waals surface area contributed by atoms with Crippen LogP contribution < -0.4 is 5.32 Å². The molecule has 2 saturated heterocycles. The van der Waals surface area contributed by atoms with E-state index in [1.54, 1.807) is 4.90 Å². The quantitative estimate of drug-likeness (QED) is 0.470. The number of esters is 1. The molecule has 2 heterocycles. The van der Waals surface area contributed by atoms with E-state index in [2.05, 4.69) is 35.6 Å². The van der Waals surface area contributed by atoms with E-state index in [0.717, 1.165) is 36.4 Å². The van der Waals surface area contributed by atoms with E-state index < -0.39 is 12.0 Å². The second-order valence-electron chi connectivity index (χ2n) is 9.77. The van der Waals surface area contributed by atoms with Gasteiger partial charge in [-0.25, -0.2) is 4.79 Å². The first-order valence-electron chi connectivity index (χ1n) is 13.4. The number of rotatable bonds is 5. The van der Waals surface area contributed by atoms with Gasteiger partial charge in [0.25, 0.3) is 0 Å². The van der Waals surface area contributed by atoms with Gasteiger partial charge in [-0.3, -0.25) is 4.79 Å². The molecule has 5 heteroatoms. The zero-order valence-corrected chi connectivity index (χ0v) is 21.7. The molecule has 194 valence electrons. The second kappa shape index (κ2) is 13.8. The van der Waals surface area contributed by atoms with Gasteiger partial charge in [0, 0.05) is 13.1 Å². The minimum atomic E-state index is -0.485. The molecule has 1 amide bonds. The summed E-state index contributed by atoms with van der Waals surface area (Å²) < 4.78 is 4.93. The van der Waals surface area contributed by atoms with E-state index in [1.165, 1.54) is 32.1 Å². The molecule has 0 aromatic heterocycles. The summed E-state index contributed by atoms with van der Waals surface area (Å²) >= 11 is 0. The SMILES string of the molecule is COC(=O)C1CCCCN1C(=O)C(c1ccccc1)c1ccccc1.c1ccc(C2CCCNC2)cc1. The lowest BCUT2D eigenvalue weighted by molar-refractivity contribution is -0.154. The van der Waals surface area contributed by atoms with Gasteiger partial charge in [0.1, 0.15) is 6.04 Å². The first kappa shape index (κ1) is 26.6. The van der Waals surface area contributed by atoms with Gasteiger partial charge in [-0.1, -0.05) is 91.0 Å². The van der Waals surface area contributed by atoms with E-state index in [1.807, 2.05) is 60.7 Å². The van der Waals surface area contributed by atoms with Crippen LogP contribution in [0.2, 0.25) is 0 Å². The Kier molecular flexibility index (Phi) is 9.89. The highest BCUT2D eigenvalue weighted by molar-refractivity contribution is 5.91. The number of nitrogens with one attached hydrogen (secondary N) is 1. The van der Waals surface area contributed by atoms with Crippen molar-refractivity contribution < 1.29 is 14.3 Å². The zero-order chi connectivity index (χ0) is 25.9. The molecule has 2 aliphatic rings. The van der Waals surface area contributed by atoms with Gasteiger partial charge in [0.2, 0.25) is 5.91 Å². The number of likely N-dealkylation sites (tertiary alicyclic amines) is 1. The van der Waals surface area contributed by atoms with Gasteiger partial charge in [-0.05, 0) is 61.3 Å². The monoisotopic (exact) mass is 498 g/mol. The van der Waals surface area contributed by atoms with Crippen LogP contribution in [0.25, 0.3) is 0 Å². The number of hydrogen-bond donors (Lipinski definition) is 1. The smallest absolute Gasteiger partial charge is 0.328 e. The second-order valence-corrected chi connectivity index (χ2v) is 9.77. The maximum atomic E-state index is 13.4. The third-order valence-electron chi connectivity index (χ3n) is 7.34. The number of nitrogens with zero attached hydrogens (tertiary/aromatic N) is 1. The third kappa shape index (κ3) is 7.07. The average molecular weight is 499 g/mol. The molecule has 3 aromatic rings. The van der Waals surface area contributed by atoms with Crippen molar-refractivity contribution >= 4 is 11.9 Å². The molecule has 0 spiro atoms. The predicted molar refractivity (Wildman–Crippen MR) is 147 cm³/mol. The molecule has 37 heavy (non-hydrogen) atoms.